The highest BCUT2D eigenvalue weighted by Gasteiger charge is 2.74. The van der Waals surface area contributed by atoms with Crippen LogP contribution >= 0.6 is 0 Å². The van der Waals surface area contributed by atoms with Gasteiger partial charge in [0.25, 0.3) is 5.91 Å². The Balaban J connectivity index is 1.51. The van der Waals surface area contributed by atoms with Crippen LogP contribution in [0, 0.1) is 31.6 Å². The molecule has 2 aromatic carbocycles. The Kier molecular flexibility index (Phi) is 10.1. The first-order valence-corrected chi connectivity index (χ1v) is 17.7. The summed E-state index contributed by atoms with van der Waals surface area (Å²) in [6, 6.07) is 12.8. The number of allylic oxidation sites excluding steroid dienone is 1. The normalized spacial score (nSPS) is 31.4. The number of aryl methyl sites for hydroxylation is 2. The van der Waals surface area contributed by atoms with Gasteiger partial charge in [-0.15, -0.1) is 0 Å². The SMILES string of the molecule is Cc1ccc(C)c(N2C/C=C\CCC(=O)N(C)[C@@H](C)[C@H](c3ccccc3)OC(=O)[C@@H]3[C@H]4C(=O)N([C@@H](CO)CC(C)C)[C@H](C2=O)[C@]42C=C[C@H]3O2)c1. The van der Waals surface area contributed by atoms with Crippen LogP contribution in [-0.2, 0) is 28.7 Å². The van der Waals surface area contributed by atoms with E-state index in [-0.39, 0.29) is 37.3 Å². The number of benzene rings is 2. The van der Waals surface area contributed by atoms with Gasteiger partial charge in [-0.3, -0.25) is 19.2 Å². The van der Waals surface area contributed by atoms with Crippen LogP contribution in [0.15, 0.2) is 72.8 Å². The summed E-state index contributed by atoms with van der Waals surface area (Å²) in [5.74, 6) is -3.48. The highest BCUT2D eigenvalue weighted by atomic mass is 16.6. The number of nitrogens with zero attached hydrogens (tertiary/aromatic N) is 3. The molecule has 4 heterocycles. The molecule has 4 aliphatic heterocycles. The summed E-state index contributed by atoms with van der Waals surface area (Å²) in [6.45, 7) is 9.59. The number of likely N-dealkylation sites (N-methyl/N-ethyl adjacent to an activating group) is 1. The fraction of sp³-hybridized carbons (Fsp3) is 0.500. The number of likely N-dealkylation sites (tertiary alicyclic amines) is 1. The van der Waals surface area contributed by atoms with Crippen molar-refractivity contribution in [3.8, 4) is 0 Å². The van der Waals surface area contributed by atoms with Crippen LogP contribution in [0.25, 0.3) is 0 Å². The first-order chi connectivity index (χ1) is 23.9. The van der Waals surface area contributed by atoms with Crippen molar-refractivity contribution in [1.29, 1.82) is 0 Å². The Morgan fingerprint density at radius 1 is 1.00 bits per heavy atom. The van der Waals surface area contributed by atoms with E-state index in [1.165, 1.54) is 4.90 Å². The molecule has 10 heteroatoms. The minimum atomic E-state index is -1.44. The number of aliphatic hydroxyl groups is 1. The van der Waals surface area contributed by atoms with Crippen LogP contribution in [-0.4, -0.2) is 88.6 Å². The second-order valence-electron chi connectivity index (χ2n) is 14.7. The molecule has 266 valence electrons. The molecule has 1 N–H and O–H groups in total. The second-order valence-corrected chi connectivity index (χ2v) is 14.7. The molecule has 8 atom stereocenters. The fourth-order valence-corrected chi connectivity index (χ4v) is 8.24. The highest BCUT2D eigenvalue weighted by Crippen LogP contribution is 2.56. The summed E-state index contributed by atoms with van der Waals surface area (Å²) in [5.41, 5.74) is 1.80. The van der Waals surface area contributed by atoms with Crippen LogP contribution in [0.4, 0.5) is 5.69 Å². The highest BCUT2D eigenvalue weighted by molar-refractivity contribution is 6.05. The number of amides is 3. The summed E-state index contributed by atoms with van der Waals surface area (Å²) in [7, 11) is 1.71. The fourth-order valence-electron chi connectivity index (χ4n) is 8.24. The number of ether oxygens (including phenoxy) is 2. The number of hydrogen-bond acceptors (Lipinski definition) is 7. The molecule has 0 aromatic heterocycles. The van der Waals surface area contributed by atoms with Crippen LogP contribution in [0.5, 0.6) is 0 Å². The molecule has 0 unspecified atom stereocenters. The monoisotopic (exact) mass is 683 g/mol. The third-order valence-corrected chi connectivity index (χ3v) is 10.9. The molecule has 5 bridgehead atoms. The van der Waals surface area contributed by atoms with Crippen molar-refractivity contribution in [1.82, 2.24) is 9.80 Å². The van der Waals surface area contributed by atoms with Crippen molar-refractivity contribution < 1.29 is 33.8 Å². The number of cyclic esters (lactones) is 1. The maximum Gasteiger partial charge on any atom is 0.313 e. The number of aliphatic hydroxyl groups excluding tert-OH is 1. The van der Waals surface area contributed by atoms with Gasteiger partial charge in [-0.1, -0.05) is 80.6 Å². The standard InChI is InChI=1S/C40H49N3O7/c1-24(2)21-29(23-44)43-36-38(47)42(30-22-25(3)16-17-26(30)4)20-12-8-11-15-32(45)41(6)27(5)35(28-13-9-7-10-14-28)49-39(48)33-31-18-19-40(36,50-31)34(33)37(43)46/h7-10,12-14,16-19,22,24,27,29,31,33-36,44H,11,15,20-21,23H2,1-6H3/b12-8-/t27-,29+,31+,33-,34-,35+,36+,40-/m0/s1. The largest absolute Gasteiger partial charge is 0.455 e. The summed E-state index contributed by atoms with van der Waals surface area (Å²) in [5, 5.41) is 10.7. The molecule has 2 saturated heterocycles. The van der Waals surface area contributed by atoms with E-state index >= 15 is 4.79 Å². The summed E-state index contributed by atoms with van der Waals surface area (Å²) in [4.78, 5) is 62.7. The first-order valence-electron chi connectivity index (χ1n) is 17.7. The smallest absolute Gasteiger partial charge is 0.313 e. The molecular weight excluding hydrogens is 634 g/mol. The lowest BCUT2D eigenvalue weighted by atomic mass is 9.74. The number of rotatable bonds is 6. The topological polar surface area (TPSA) is 117 Å². The zero-order valence-electron chi connectivity index (χ0n) is 29.8. The van der Waals surface area contributed by atoms with Crippen LogP contribution in [0.3, 0.4) is 0 Å². The number of carbonyl (C=O) groups is 4. The first kappa shape index (κ1) is 35.5. The summed E-state index contributed by atoms with van der Waals surface area (Å²) >= 11 is 0. The van der Waals surface area contributed by atoms with Gasteiger partial charge < -0.3 is 29.3 Å². The van der Waals surface area contributed by atoms with Crippen LogP contribution < -0.4 is 4.90 Å². The van der Waals surface area contributed by atoms with Crippen LogP contribution in [0.2, 0.25) is 0 Å². The van der Waals surface area contributed by atoms with Gasteiger partial charge in [0.1, 0.15) is 23.7 Å². The summed E-state index contributed by atoms with van der Waals surface area (Å²) in [6.07, 6.45) is 6.85. The third-order valence-electron chi connectivity index (χ3n) is 10.9. The van der Waals surface area contributed by atoms with Crippen molar-refractivity contribution >= 4 is 29.4 Å². The van der Waals surface area contributed by atoms with Crippen molar-refractivity contribution in [3.63, 3.8) is 0 Å². The molecular formula is C40H49N3O7. The van der Waals surface area contributed by atoms with Gasteiger partial charge >= 0.3 is 5.97 Å². The Morgan fingerprint density at radius 3 is 2.44 bits per heavy atom. The molecule has 2 aromatic rings. The maximum atomic E-state index is 15.2. The zero-order valence-corrected chi connectivity index (χ0v) is 29.8. The van der Waals surface area contributed by atoms with Gasteiger partial charge in [-0.2, -0.15) is 0 Å². The molecule has 2 fully saturated rings. The number of fused-ring (bicyclic) bond motifs is 2. The molecule has 50 heavy (non-hydrogen) atoms. The van der Waals surface area contributed by atoms with E-state index in [4.69, 9.17) is 9.47 Å². The van der Waals surface area contributed by atoms with Crippen molar-refractivity contribution in [2.24, 2.45) is 17.8 Å². The van der Waals surface area contributed by atoms with E-state index in [0.717, 1.165) is 11.1 Å². The molecule has 0 aliphatic carbocycles. The third kappa shape index (κ3) is 6.17. The van der Waals surface area contributed by atoms with E-state index < -0.39 is 59.6 Å². The molecule has 1 spiro atoms. The minimum absolute atomic E-state index is 0.110. The molecule has 10 nitrogen and oxygen atoms in total. The van der Waals surface area contributed by atoms with E-state index in [1.54, 1.807) is 29.0 Å². The average Bonchev–Trinajstić information content (AvgIpc) is 3.75. The zero-order chi connectivity index (χ0) is 35.9. The Labute approximate surface area is 294 Å². The van der Waals surface area contributed by atoms with E-state index in [0.29, 0.717) is 24.1 Å². The van der Waals surface area contributed by atoms with Gasteiger partial charge in [-0.25, -0.2) is 0 Å². The van der Waals surface area contributed by atoms with Gasteiger partial charge in [0, 0.05) is 25.7 Å². The molecule has 0 saturated carbocycles. The lowest BCUT2D eigenvalue weighted by Crippen LogP contribution is -2.59. The predicted molar refractivity (Wildman–Crippen MR) is 189 cm³/mol. The molecule has 4 aliphatic rings. The molecule has 3 amide bonds. The Bertz CT molecular complexity index is 1690. The van der Waals surface area contributed by atoms with Crippen LogP contribution in [0.1, 0.15) is 62.8 Å². The van der Waals surface area contributed by atoms with Gasteiger partial charge in [0.05, 0.1) is 30.7 Å². The van der Waals surface area contributed by atoms with E-state index in [1.807, 2.05) is 95.3 Å². The van der Waals surface area contributed by atoms with Gasteiger partial charge in [0.2, 0.25) is 11.8 Å². The number of anilines is 1. The molecule has 6 rings (SSSR count). The van der Waals surface area contributed by atoms with Crippen molar-refractivity contribution in [2.75, 3.05) is 25.1 Å². The van der Waals surface area contributed by atoms with Crippen molar-refractivity contribution in [3.05, 3.63) is 89.5 Å². The predicted octanol–water partition coefficient (Wildman–Crippen LogP) is 4.68. The van der Waals surface area contributed by atoms with Gasteiger partial charge in [0.15, 0.2) is 0 Å². The lowest BCUT2D eigenvalue weighted by molar-refractivity contribution is -0.164. The minimum Gasteiger partial charge on any atom is -0.455 e. The van der Waals surface area contributed by atoms with Crippen molar-refractivity contribution in [2.45, 2.75) is 89.8 Å². The van der Waals surface area contributed by atoms with Gasteiger partial charge in [-0.05, 0) is 62.3 Å². The Hall–Kier alpha value is -4.28. The number of esters is 1. The quantitative estimate of drug-likeness (QED) is 0.348. The number of carbonyl (C=O) groups excluding carboxylic acids is 4. The maximum absolute atomic E-state index is 15.2. The second kappa shape index (κ2) is 14.2. The van der Waals surface area contributed by atoms with E-state index in [2.05, 4.69) is 0 Å². The Morgan fingerprint density at radius 2 is 1.74 bits per heavy atom. The average molecular weight is 684 g/mol. The summed E-state index contributed by atoms with van der Waals surface area (Å²) < 4.78 is 13.0. The molecule has 0 radical (unpaired) electrons. The lowest BCUT2D eigenvalue weighted by Gasteiger charge is -2.39. The van der Waals surface area contributed by atoms with E-state index in [9.17, 15) is 19.5 Å². The number of hydrogen-bond donors (Lipinski definition) is 1.